The maximum absolute atomic E-state index is 12.9. The highest BCUT2D eigenvalue weighted by molar-refractivity contribution is 7.92. The minimum Gasteiger partial charge on any atom is -0.406 e. The number of benzene rings is 2. The Balaban J connectivity index is 1.94. The molecule has 1 aliphatic heterocycles. The molecule has 0 bridgehead atoms. The molecule has 0 spiro atoms. The molecule has 2 aromatic rings. The van der Waals surface area contributed by atoms with Gasteiger partial charge < -0.3 is 4.74 Å². The van der Waals surface area contributed by atoms with Gasteiger partial charge in [-0.3, -0.25) is 4.31 Å². The quantitative estimate of drug-likeness (QED) is 0.841. The van der Waals surface area contributed by atoms with E-state index in [4.69, 9.17) is 0 Å². The van der Waals surface area contributed by atoms with E-state index in [1.165, 1.54) is 4.31 Å². The molecular formula is C16H14F3NO3S. The van der Waals surface area contributed by atoms with Crippen LogP contribution in [0.5, 0.6) is 5.75 Å². The van der Waals surface area contributed by atoms with Crippen molar-refractivity contribution >= 4 is 15.7 Å². The molecule has 0 fully saturated rings. The van der Waals surface area contributed by atoms with E-state index in [2.05, 4.69) is 4.74 Å². The van der Waals surface area contributed by atoms with E-state index in [1.807, 2.05) is 12.1 Å². The number of hydrogen-bond acceptors (Lipinski definition) is 3. The highest BCUT2D eigenvalue weighted by Gasteiger charge is 2.36. The Kier molecular flexibility index (Phi) is 3.95. The Morgan fingerprint density at radius 3 is 2.33 bits per heavy atom. The topological polar surface area (TPSA) is 46.6 Å². The highest BCUT2D eigenvalue weighted by atomic mass is 32.2. The van der Waals surface area contributed by atoms with Gasteiger partial charge in [0.1, 0.15) is 5.75 Å². The number of fused-ring (bicyclic) bond motifs is 1. The lowest BCUT2D eigenvalue weighted by atomic mass is 10.1. The molecule has 0 saturated carbocycles. The van der Waals surface area contributed by atoms with Crippen molar-refractivity contribution in [1.82, 2.24) is 0 Å². The van der Waals surface area contributed by atoms with Gasteiger partial charge in [0.05, 0.1) is 10.6 Å². The molecule has 1 atom stereocenters. The molecule has 0 N–H and O–H groups in total. The van der Waals surface area contributed by atoms with Gasteiger partial charge in [0.15, 0.2) is 0 Å². The third kappa shape index (κ3) is 3.06. The molecule has 1 heterocycles. The zero-order valence-electron chi connectivity index (χ0n) is 12.6. The second-order valence-electron chi connectivity index (χ2n) is 5.50. The summed E-state index contributed by atoms with van der Waals surface area (Å²) in [5, 5.41) is 0. The fraction of sp³-hybridized carbons (Fsp3) is 0.250. The maximum Gasteiger partial charge on any atom is 0.573 e. The van der Waals surface area contributed by atoms with Crippen molar-refractivity contribution in [2.24, 2.45) is 0 Å². The van der Waals surface area contributed by atoms with Crippen molar-refractivity contribution in [2.75, 3.05) is 4.31 Å². The molecule has 0 unspecified atom stereocenters. The molecule has 0 saturated heterocycles. The van der Waals surface area contributed by atoms with Gasteiger partial charge >= 0.3 is 6.36 Å². The second kappa shape index (κ2) is 5.70. The molecule has 0 amide bonds. The summed E-state index contributed by atoms with van der Waals surface area (Å²) in [7, 11) is -3.87. The Hall–Kier alpha value is -2.22. The summed E-state index contributed by atoms with van der Waals surface area (Å²) in [6, 6.07) is 11.1. The largest absolute Gasteiger partial charge is 0.573 e. The number of nitrogens with zero attached hydrogens (tertiary/aromatic N) is 1. The standard InChI is InChI=1S/C16H14F3NO3S/c1-11-10-12-4-2-3-5-15(12)20(11)24(21,22)14-8-6-13(7-9-14)23-16(17,18)19/h2-9,11H,10H2,1H3/t11-/m1/s1. The number of hydrogen-bond donors (Lipinski definition) is 0. The van der Waals surface area contributed by atoms with Gasteiger partial charge in [-0.15, -0.1) is 13.2 Å². The van der Waals surface area contributed by atoms with Crippen LogP contribution >= 0.6 is 0 Å². The number of sulfonamides is 1. The zero-order chi connectivity index (χ0) is 17.5. The molecule has 0 aliphatic carbocycles. The number of halogens is 3. The summed E-state index contributed by atoms with van der Waals surface area (Å²) in [6.45, 7) is 1.79. The Morgan fingerprint density at radius 1 is 1.08 bits per heavy atom. The molecular weight excluding hydrogens is 343 g/mol. The molecule has 2 aromatic carbocycles. The van der Waals surface area contributed by atoms with Gasteiger partial charge in [-0.2, -0.15) is 0 Å². The van der Waals surface area contributed by atoms with Crippen molar-refractivity contribution in [1.29, 1.82) is 0 Å². The SMILES string of the molecule is C[C@@H]1Cc2ccccc2N1S(=O)(=O)c1ccc(OC(F)(F)F)cc1. The number of alkyl halides is 3. The Bertz CT molecular complexity index is 848. The van der Waals surface area contributed by atoms with E-state index in [1.54, 1.807) is 19.1 Å². The van der Waals surface area contributed by atoms with Gasteiger partial charge in [0.25, 0.3) is 10.0 Å². The molecule has 0 aromatic heterocycles. The maximum atomic E-state index is 12.9. The Morgan fingerprint density at radius 2 is 1.71 bits per heavy atom. The first-order valence-electron chi connectivity index (χ1n) is 7.16. The van der Waals surface area contributed by atoms with Crippen LogP contribution in [0.15, 0.2) is 53.4 Å². The lowest BCUT2D eigenvalue weighted by molar-refractivity contribution is -0.274. The lowest BCUT2D eigenvalue weighted by Gasteiger charge is -2.24. The smallest absolute Gasteiger partial charge is 0.406 e. The molecule has 1 aliphatic rings. The normalized spacial score (nSPS) is 17.7. The van der Waals surface area contributed by atoms with Crippen LogP contribution in [0.2, 0.25) is 0 Å². The average molecular weight is 357 g/mol. The van der Waals surface area contributed by atoms with Gasteiger partial charge in [0, 0.05) is 6.04 Å². The summed E-state index contributed by atoms with van der Waals surface area (Å²) < 4.78 is 67.4. The number of ether oxygens (including phenoxy) is 1. The van der Waals surface area contributed by atoms with Crippen LogP contribution < -0.4 is 9.04 Å². The van der Waals surface area contributed by atoms with Gasteiger partial charge in [-0.25, -0.2) is 8.42 Å². The van der Waals surface area contributed by atoms with Crippen molar-refractivity contribution in [2.45, 2.75) is 30.6 Å². The van der Waals surface area contributed by atoms with Crippen LogP contribution in [0.4, 0.5) is 18.9 Å². The van der Waals surface area contributed by atoms with Crippen LogP contribution in [0.3, 0.4) is 0 Å². The number of anilines is 1. The van der Waals surface area contributed by atoms with Crippen molar-refractivity contribution in [3.05, 3.63) is 54.1 Å². The van der Waals surface area contributed by atoms with E-state index >= 15 is 0 Å². The van der Waals surface area contributed by atoms with Crippen LogP contribution in [0.25, 0.3) is 0 Å². The zero-order valence-corrected chi connectivity index (χ0v) is 13.4. The molecule has 24 heavy (non-hydrogen) atoms. The summed E-state index contributed by atoms with van der Waals surface area (Å²) >= 11 is 0. The first kappa shape index (κ1) is 16.6. The minimum absolute atomic E-state index is 0.0828. The lowest BCUT2D eigenvalue weighted by Crippen LogP contribution is -2.35. The van der Waals surface area contributed by atoms with Crippen LogP contribution in [-0.2, 0) is 16.4 Å². The van der Waals surface area contributed by atoms with E-state index in [0.717, 1.165) is 29.8 Å². The third-order valence-electron chi connectivity index (χ3n) is 3.76. The second-order valence-corrected chi connectivity index (χ2v) is 7.32. The van der Waals surface area contributed by atoms with E-state index < -0.39 is 22.1 Å². The first-order valence-corrected chi connectivity index (χ1v) is 8.60. The first-order chi connectivity index (χ1) is 11.2. The van der Waals surface area contributed by atoms with Gasteiger partial charge in [-0.05, 0) is 49.2 Å². The van der Waals surface area contributed by atoms with Crippen LogP contribution in [0, 0.1) is 0 Å². The Labute approximate surface area is 137 Å². The van der Waals surface area contributed by atoms with Crippen molar-refractivity contribution in [3.8, 4) is 5.75 Å². The molecule has 128 valence electrons. The molecule has 3 rings (SSSR count). The van der Waals surface area contributed by atoms with Gasteiger partial charge in [-0.1, -0.05) is 18.2 Å². The average Bonchev–Trinajstić information content (AvgIpc) is 2.82. The predicted molar refractivity (Wildman–Crippen MR) is 82.4 cm³/mol. The van der Waals surface area contributed by atoms with Crippen LogP contribution in [-0.4, -0.2) is 20.8 Å². The van der Waals surface area contributed by atoms with Gasteiger partial charge in [0.2, 0.25) is 0 Å². The van der Waals surface area contributed by atoms with E-state index in [9.17, 15) is 21.6 Å². The molecule has 8 heteroatoms. The fourth-order valence-electron chi connectivity index (χ4n) is 2.83. The summed E-state index contributed by atoms with van der Waals surface area (Å²) in [5.41, 5.74) is 1.52. The van der Waals surface area contributed by atoms with Crippen molar-refractivity contribution < 1.29 is 26.3 Å². The fourth-order valence-corrected chi connectivity index (χ4v) is 4.52. The number of rotatable bonds is 3. The third-order valence-corrected chi connectivity index (χ3v) is 5.70. The summed E-state index contributed by atoms with van der Waals surface area (Å²) in [5.74, 6) is -0.462. The van der Waals surface area contributed by atoms with E-state index in [0.29, 0.717) is 12.1 Å². The van der Waals surface area contributed by atoms with E-state index in [-0.39, 0.29) is 10.9 Å². The summed E-state index contributed by atoms with van der Waals surface area (Å²) in [6.07, 6.45) is -4.23. The highest BCUT2D eigenvalue weighted by Crippen LogP contribution is 2.36. The molecule has 4 nitrogen and oxygen atoms in total. The summed E-state index contributed by atoms with van der Waals surface area (Å²) in [4.78, 5) is -0.0828. The minimum atomic E-state index is -4.82. The van der Waals surface area contributed by atoms with Crippen LogP contribution in [0.1, 0.15) is 12.5 Å². The number of para-hydroxylation sites is 1. The predicted octanol–water partition coefficient (Wildman–Crippen LogP) is 3.73. The molecule has 0 radical (unpaired) electrons. The van der Waals surface area contributed by atoms with Crippen molar-refractivity contribution in [3.63, 3.8) is 0 Å². The monoisotopic (exact) mass is 357 g/mol.